The average Bonchev–Trinajstić information content (AvgIpc) is 2.72. The Balaban J connectivity index is 1.85. The van der Waals surface area contributed by atoms with E-state index in [0.29, 0.717) is 19.5 Å². The number of carbonyl (C=O) groups is 2. The van der Waals surface area contributed by atoms with Crippen molar-refractivity contribution in [2.45, 2.75) is 50.9 Å². The molecule has 1 aliphatic heterocycles. The van der Waals surface area contributed by atoms with Crippen molar-refractivity contribution in [1.29, 1.82) is 0 Å². The number of nitrogens with zero attached hydrogens (tertiary/aromatic N) is 1. The van der Waals surface area contributed by atoms with Gasteiger partial charge >= 0.3 is 12.3 Å². The highest BCUT2D eigenvalue weighted by atomic mass is 79.9. The Morgan fingerprint density at radius 2 is 1.68 bits per heavy atom. The Morgan fingerprint density at radius 1 is 1.03 bits per heavy atom. The predicted molar refractivity (Wildman–Crippen MR) is 130 cm³/mol. The van der Waals surface area contributed by atoms with Crippen LogP contribution in [0, 0.1) is 0 Å². The fourth-order valence-corrected chi connectivity index (χ4v) is 4.56. The molecule has 1 fully saturated rings. The van der Waals surface area contributed by atoms with Crippen molar-refractivity contribution >= 4 is 43.9 Å². The molecule has 1 N–H and O–H groups in total. The lowest BCUT2D eigenvalue weighted by atomic mass is 9.86. The van der Waals surface area contributed by atoms with E-state index < -0.39 is 29.3 Å². The fraction of sp³-hybridized carbons (Fsp3) is 0.417. The summed E-state index contributed by atoms with van der Waals surface area (Å²) in [6, 6.07) is 10.3. The van der Waals surface area contributed by atoms with E-state index in [-0.39, 0.29) is 22.0 Å². The lowest BCUT2D eigenvalue weighted by molar-refractivity contribution is -0.137. The molecule has 0 radical (unpaired) electrons. The van der Waals surface area contributed by atoms with Crippen LogP contribution in [0.1, 0.15) is 54.6 Å². The van der Waals surface area contributed by atoms with Crippen LogP contribution >= 0.6 is 31.9 Å². The molecule has 0 aliphatic carbocycles. The van der Waals surface area contributed by atoms with Crippen LogP contribution < -0.4 is 5.32 Å². The number of benzene rings is 2. The number of rotatable bonds is 3. The largest absolute Gasteiger partial charge is 0.444 e. The van der Waals surface area contributed by atoms with Crippen molar-refractivity contribution in [3.63, 3.8) is 0 Å². The second-order valence-corrected chi connectivity index (χ2v) is 11.0. The first-order valence-corrected chi connectivity index (χ1v) is 12.2. The molecule has 2 aromatic rings. The maximum atomic E-state index is 13.2. The minimum absolute atomic E-state index is 0.0918. The van der Waals surface area contributed by atoms with Crippen molar-refractivity contribution in [2.24, 2.45) is 0 Å². The summed E-state index contributed by atoms with van der Waals surface area (Å²) in [5.41, 5.74) is -0.749. The molecule has 2 atom stereocenters. The summed E-state index contributed by atoms with van der Waals surface area (Å²) in [6.45, 7) is 6.01. The molecule has 10 heteroatoms. The van der Waals surface area contributed by atoms with Gasteiger partial charge in [-0.15, -0.1) is 0 Å². The standard InChI is InChI=1S/C24H25Br2F3N2O3/c1-23(2,3)34-22(33)31-9-8-20(19(13-31)14-4-6-17(25)7-5-14)30-21(32)15-10-16(24(27,28)29)12-18(26)11-15/h4-7,10-12,19-20H,8-9,13H2,1-3H3,(H,30,32)/t19-,20?/m0/s1. The first-order chi connectivity index (χ1) is 15.7. The van der Waals surface area contributed by atoms with E-state index >= 15 is 0 Å². The first-order valence-electron chi connectivity index (χ1n) is 10.6. The van der Waals surface area contributed by atoms with Gasteiger partial charge in [-0.25, -0.2) is 4.79 Å². The number of hydrogen-bond donors (Lipinski definition) is 1. The van der Waals surface area contributed by atoms with Crippen LogP contribution in [0.2, 0.25) is 0 Å². The number of ether oxygens (including phenoxy) is 1. The van der Waals surface area contributed by atoms with Crippen molar-refractivity contribution in [2.75, 3.05) is 13.1 Å². The Hall–Kier alpha value is -2.07. The summed E-state index contributed by atoms with van der Waals surface area (Å²) in [6.07, 6.45) is -4.59. The molecule has 3 rings (SSSR count). The van der Waals surface area contributed by atoms with Gasteiger partial charge in [-0.3, -0.25) is 4.79 Å². The highest BCUT2D eigenvalue weighted by molar-refractivity contribution is 9.10. The topological polar surface area (TPSA) is 58.6 Å². The van der Waals surface area contributed by atoms with Gasteiger partial charge in [0, 0.05) is 39.6 Å². The van der Waals surface area contributed by atoms with Gasteiger partial charge in [0.2, 0.25) is 0 Å². The van der Waals surface area contributed by atoms with Gasteiger partial charge in [0.05, 0.1) is 5.56 Å². The van der Waals surface area contributed by atoms with Gasteiger partial charge in [0.15, 0.2) is 0 Å². The zero-order valence-electron chi connectivity index (χ0n) is 18.9. The van der Waals surface area contributed by atoms with E-state index in [2.05, 4.69) is 37.2 Å². The highest BCUT2D eigenvalue weighted by Gasteiger charge is 2.36. The first kappa shape index (κ1) is 26.5. The summed E-state index contributed by atoms with van der Waals surface area (Å²) in [5.74, 6) is -0.878. The molecular formula is C24H25Br2F3N2O3. The smallest absolute Gasteiger partial charge is 0.416 e. The summed E-state index contributed by atoms with van der Waals surface area (Å²) >= 11 is 6.46. The zero-order chi connectivity index (χ0) is 25.3. The second-order valence-electron chi connectivity index (χ2n) is 9.18. The molecule has 1 aliphatic rings. The van der Waals surface area contributed by atoms with Gasteiger partial charge in [-0.05, 0) is 63.1 Å². The highest BCUT2D eigenvalue weighted by Crippen LogP contribution is 2.33. The minimum atomic E-state index is -4.57. The van der Waals surface area contributed by atoms with Gasteiger partial charge < -0.3 is 15.0 Å². The number of nitrogens with one attached hydrogen (secondary N) is 1. The number of carbonyl (C=O) groups excluding carboxylic acids is 2. The van der Waals surface area contributed by atoms with E-state index in [0.717, 1.165) is 22.2 Å². The van der Waals surface area contributed by atoms with Crippen molar-refractivity contribution < 1.29 is 27.5 Å². The van der Waals surface area contributed by atoms with Crippen LogP contribution in [-0.4, -0.2) is 41.6 Å². The van der Waals surface area contributed by atoms with E-state index in [1.807, 2.05) is 24.3 Å². The maximum Gasteiger partial charge on any atom is 0.416 e. The molecule has 0 spiro atoms. The van der Waals surface area contributed by atoms with Crippen molar-refractivity contribution in [1.82, 2.24) is 10.2 Å². The molecular weight excluding hydrogens is 581 g/mol. The molecule has 184 valence electrons. The van der Waals surface area contributed by atoms with Crippen LogP contribution in [0.5, 0.6) is 0 Å². The molecule has 0 aromatic heterocycles. The van der Waals surface area contributed by atoms with Crippen LogP contribution in [0.15, 0.2) is 51.4 Å². The lowest BCUT2D eigenvalue weighted by Crippen LogP contribution is -2.52. The molecule has 2 amide bonds. The number of amides is 2. The number of hydrogen-bond acceptors (Lipinski definition) is 3. The molecule has 0 saturated carbocycles. The van der Waals surface area contributed by atoms with E-state index in [4.69, 9.17) is 4.74 Å². The molecule has 34 heavy (non-hydrogen) atoms. The van der Waals surface area contributed by atoms with Gasteiger partial charge in [-0.1, -0.05) is 44.0 Å². The fourth-order valence-electron chi connectivity index (χ4n) is 3.80. The minimum Gasteiger partial charge on any atom is -0.444 e. The Labute approximate surface area is 213 Å². The van der Waals surface area contributed by atoms with Crippen LogP contribution in [0.25, 0.3) is 0 Å². The molecule has 1 saturated heterocycles. The Bertz CT molecular complexity index is 1050. The predicted octanol–water partition coefficient (Wildman–Crippen LogP) is 6.75. The van der Waals surface area contributed by atoms with Crippen molar-refractivity contribution in [3.8, 4) is 0 Å². The number of piperidine rings is 1. The van der Waals surface area contributed by atoms with Crippen molar-refractivity contribution in [3.05, 3.63) is 68.1 Å². The zero-order valence-corrected chi connectivity index (χ0v) is 22.1. The third kappa shape index (κ3) is 6.97. The van der Waals surface area contributed by atoms with Crippen LogP contribution in [0.4, 0.5) is 18.0 Å². The van der Waals surface area contributed by atoms with Crippen LogP contribution in [0.3, 0.4) is 0 Å². The van der Waals surface area contributed by atoms with Gasteiger partial charge in [0.1, 0.15) is 5.60 Å². The maximum absolute atomic E-state index is 13.2. The number of likely N-dealkylation sites (tertiary alicyclic amines) is 1. The molecule has 2 aromatic carbocycles. The summed E-state index contributed by atoms with van der Waals surface area (Å²) < 4.78 is 46.2. The third-order valence-corrected chi connectivity index (χ3v) is 6.35. The number of halogens is 5. The normalized spacial score (nSPS) is 19.0. The molecule has 0 bridgehead atoms. The molecule has 5 nitrogen and oxygen atoms in total. The van der Waals surface area contributed by atoms with E-state index in [1.165, 1.54) is 6.07 Å². The monoisotopic (exact) mass is 604 g/mol. The van der Waals surface area contributed by atoms with Gasteiger partial charge in [-0.2, -0.15) is 13.2 Å². The van der Waals surface area contributed by atoms with Crippen LogP contribution in [-0.2, 0) is 10.9 Å². The third-order valence-electron chi connectivity index (χ3n) is 5.37. The van der Waals surface area contributed by atoms with Gasteiger partial charge in [0.25, 0.3) is 5.91 Å². The number of alkyl halides is 3. The average molecular weight is 606 g/mol. The quantitative estimate of drug-likeness (QED) is 0.421. The van der Waals surface area contributed by atoms with E-state index in [9.17, 15) is 22.8 Å². The molecule has 1 heterocycles. The lowest BCUT2D eigenvalue weighted by Gasteiger charge is -2.39. The molecule has 1 unspecified atom stereocenters. The Morgan fingerprint density at radius 3 is 2.26 bits per heavy atom. The Kier molecular flexibility index (Phi) is 8.02. The summed E-state index contributed by atoms with van der Waals surface area (Å²) in [7, 11) is 0. The summed E-state index contributed by atoms with van der Waals surface area (Å²) in [4.78, 5) is 27.2. The van der Waals surface area contributed by atoms with E-state index in [1.54, 1.807) is 25.7 Å². The summed E-state index contributed by atoms with van der Waals surface area (Å²) in [5, 5.41) is 2.89. The SMILES string of the molecule is CC(C)(C)OC(=O)N1CCC(NC(=O)c2cc(Br)cc(C(F)(F)F)c2)[C@H](c2ccc(Br)cc2)C1. The second kappa shape index (κ2) is 10.3.